The van der Waals surface area contributed by atoms with Gasteiger partial charge >= 0.3 is 11.8 Å². The zero-order valence-electron chi connectivity index (χ0n) is 15.2. The highest BCUT2D eigenvalue weighted by Crippen LogP contribution is 2.31. The van der Waals surface area contributed by atoms with Crippen LogP contribution in [0.5, 0.6) is 11.5 Å². The molecule has 28 heavy (non-hydrogen) atoms. The number of carbonyl (C=O) groups is 2. The van der Waals surface area contributed by atoms with Crippen molar-refractivity contribution in [1.29, 1.82) is 0 Å². The third kappa shape index (κ3) is 5.34. The first-order valence-corrected chi connectivity index (χ1v) is 8.69. The van der Waals surface area contributed by atoms with Gasteiger partial charge in [0, 0.05) is 23.9 Å². The maximum Gasteiger partial charge on any atom is 0.314 e. The first-order valence-electron chi connectivity index (χ1n) is 8.31. The fourth-order valence-corrected chi connectivity index (χ4v) is 2.38. The normalized spacial score (nSPS) is 10.1. The van der Waals surface area contributed by atoms with E-state index in [4.69, 9.17) is 21.1 Å². The quantitative estimate of drug-likeness (QED) is 0.411. The summed E-state index contributed by atoms with van der Waals surface area (Å²) in [5, 5.41) is 15.6. The van der Waals surface area contributed by atoms with Gasteiger partial charge in [0.2, 0.25) is 0 Å². The molecule has 0 atom stereocenters. The maximum absolute atomic E-state index is 12.2. The SMILES string of the molecule is CCOc1ccc(NC(=O)C(=O)Nc2cc([N+](=O)[O-])ccc2Cl)cc1OCC. The van der Waals surface area contributed by atoms with Crippen LogP contribution in [0.25, 0.3) is 0 Å². The highest BCUT2D eigenvalue weighted by molar-refractivity contribution is 6.44. The number of non-ortho nitro benzene ring substituents is 1. The number of hydrogen-bond donors (Lipinski definition) is 2. The number of nitro groups is 1. The summed E-state index contributed by atoms with van der Waals surface area (Å²) < 4.78 is 10.9. The van der Waals surface area contributed by atoms with Crippen LogP contribution >= 0.6 is 11.6 Å². The minimum Gasteiger partial charge on any atom is -0.490 e. The van der Waals surface area contributed by atoms with Gasteiger partial charge in [-0.05, 0) is 32.0 Å². The van der Waals surface area contributed by atoms with Gasteiger partial charge in [-0.25, -0.2) is 0 Å². The van der Waals surface area contributed by atoms with Gasteiger partial charge in [-0.2, -0.15) is 0 Å². The first-order chi connectivity index (χ1) is 13.3. The molecule has 0 aliphatic heterocycles. The highest BCUT2D eigenvalue weighted by atomic mass is 35.5. The number of rotatable bonds is 7. The second kappa shape index (κ2) is 9.56. The number of amides is 2. The Kier molecular flexibility index (Phi) is 7.16. The lowest BCUT2D eigenvalue weighted by Gasteiger charge is -2.13. The molecule has 0 spiro atoms. The van der Waals surface area contributed by atoms with Crippen molar-refractivity contribution in [1.82, 2.24) is 0 Å². The van der Waals surface area contributed by atoms with Crippen LogP contribution in [0.15, 0.2) is 36.4 Å². The Morgan fingerprint density at radius 2 is 1.64 bits per heavy atom. The second-order valence-corrected chi connectivity index (χ2v) is 5.76. The van der Waals surface area contributed by atoms with E-state index >= 15 is 0 Å². The molecule has 2 rings (SSSR count). The van der Waals surface area contributed by atoms with Crippen LogP contribution in [0.3, 0.4) is 0 Å². The van der Waals surface area contributed by atoms with Gasteiger partial charge in [0.05, 0.1) is 28.8 Å². The van der Waals surface area contributed by atoms with Gasteiger partial charge < -0.3 is 20.1 Å². The molecular formula is C18H18ClN3O6. The maximum atomic E-state index is 12.2. The Bertz CT molecular complexity index is 903. The molecule has 0 saturated carbocycles. The highest BCUT2D eigenvalue weighted by Gasteiger charge is 2.18. The van der Waals surface area contributed by atoms with E-state index in [1.165, 1.54) is 18.2 Å². The smallest absolute Gasteiger partial charge is 0.314 e. The molecule has 9 nitrogen and oxygen atoms in total. The van der Waals surface area contributed by atoms with E-state index < -0.39 is 16.7 Å². The minimum absolute atomic E-state index is 0.0438. The molecule has 0 fully saturated rings. The van der Waals surface area contributed by atoms with Crippen LogP contribution < -0.4 is 20.1 Å². The Morgan fingerprint density at radius 1 is 1.00 bits per heavy atom. The number of carbonyl (C=O) groups excluding carboxylic acids is 2. The molecule has 0 saturated heterocycles. The van der Waals surface area contributed by atoms with Gasteiger partial charge in [0.1, 0.15) is 0 Å². The standard InChI is InChI=1S/C18H18ClN3O6/c1-3-27-15-8-5-11(9-16(15)28-4-2)20-17(23)18(24)21-14-10-12(22(25)26)6-7-13(14)19/h5-10H,3-4H2,1-2H3,(H,20,23)(H,21,24). The van der Waals surface area contributed by atoms with Gasteiger partial charge in [-0.15, -0.1) is 0 Å². The van der Waals surface area contributed by atoms with E-state index in [1.54, 1.807) is 19.1 Å². The Labute approximate surface area is 165 Å². The van der Waals surface area contributed by atoms with Gasteiger partial charge in [-0.3, -0.25) is 19.7 Å². The molecule has 148 valence electrons. The molecule has 0 heterocycles. The molecule has 2 N–H and O–H groups in total. The number of nitro benzene ring substituents is 1. The lowest BCUT2D eigenvalue weighted by atomic mass is 10.2. The van der Waals surface area contributed by atoms with Crippen molar-refractivity contribution in [3.63, 3.8) is 0 Å². The van der Waals surface area contributed by atoms with Crippen molar-refractivity contribution < 1.29 is 24.0 Å². The largest absolute Gasteiger partial charge is 0.490 e. The number of ether oxygens (including phenoxy) is 2. The molecular weight excluding hydrogens is 390 g/mol. The predicted octanol–water partition coefficient (Wildman–Crippen LogP) is 3.62. The molecule has 0 unspecified atom stereocenters. The first kappa shape index (κ1) is 21.0. The third-order valence-corrected chi connectivity index (χ3v) is 3.75. The summed E-state index contributed by atoms with van der Waals surface area (Å²) >= 11 is 5.91. The summed E-state index contributed by atoms with van der Waals surface area (Å²) in [5.41, 5.74) is 0.00267. The number of nitrogens with zero attached hydrogens (tertiary/aromatic N) is 1. The monoisotopic (exact) mass is 407 g/mol. The fraction of sp³-hybridized carbons (Fsp3) is 0.222. The average Bonchev–Trinajstić information content (AvgIpc) is 2.65. The van der Waals surface area contributed by atoms with Crippen molar-refractivity contribution >= 4 is 40.5 Å². The van der Waals surface area contributed by atoms with Gasteiger partial charge in [-0.1, -0.05) is 11.6 Å². The van der Waals surface area contributed by atoms with Crippen LogP contribution in [0.1, 0.15) is 13.8 Å². The fourth-order valence-electron chi connectivity index (χ4n) is 2.22. The van der Waals surface area contributed by atoms with Crippen molar-refractivity contribution in [3.8, 4) is 11.5 Å². The number of hydrogen-bond acceptors (Lipinski definition) is 6. The zero-order chi connectivity index (χ0) is 20.7. The van der Waals surface area contributed by atoms with Crippen LogP contribution in [0, 0.1) is 10.1 Å². The van der Waals surface area contributed by atoms with E-state index in [9.17, 15) is 19.7 Å². The lowest BCUT2D eigenvalue weighted by molar-refractivity contribution is -0.384. The second-order valence-electron chi connectivity index (χ2n) is 5.36. The molecule has 2 aromatic carbocycles. The van der Waals surface area contributed by atoms with Crippen molar-refractivity contribution in [2.75, 3.05) is 23.8 Å². The molecule has 2 amide bonds. The third-order valence-electron chi connectivity index (χ3n) is 3.42. The predicted molar refractivity (Wildman–Crippen MR) is 104 cm³/mol. The summed E-state index contributed by atoms with van der Waals surface area (Å²) in [4.78, 5) is 34.5. The lowest BCUT2D eigenvalue weighted by Crippen LogP contribution is -2.29. The minimum atomic E-state index is -1.03. The zero-order valence-corrected chi connectivity index (χ0v) is 15.9. The van der Waals surface area contributed by atoms with Crippen molar-refractivity contribution in [2.24, 2.45) is 0 Å². The topological polar surface area (TPSA) is 120 Å². The van der Waals surface area contributed by atoms with Crippen LogP contribution in [-0.2, 0) is 9.59 Å². The van der Waals surface area contributed by atoms with Crippen molar-refractivity contribution in [3.05, 3.63) is 51.5 Å². The van der Waals surface area contributed by atoms with Crippen molar-refractivity contribution in [2.45, 2.75) is 13.8 Å². The Hall–Kier alpha value is -3.33. The number of nitrogens with one attached hydrogen (secondary N) is 2. The van der Waals surface area contributed by atoms with Crippen LogP contribution in [-0.4, -0.2) is 30.0 Å². The van der Waals surface area contributed by atoms with Crippen LogP contribution in [0.4, 0.5) is 17.1 Å². The molecule has 0 radical (unpaired) electrons. The molecule has 10 heteroatoms. The molecule has 0 aromatic heterocycles. The van der Waals surface area contributed by atoms with Gasteiger partial charge in [0.25, 0.3) is 5.69 Å². The summed E-state index contributed by atoms with van der Waals surface area (Å²) in [7, 11) is 0. The number of halogens is 1. The average molecular weight is 408 g/mol. The van der Waals surface area contributed by atoms with E-state index in [-0.39, 0.29) is 16.4 Å². The number of benzene rings is 2. The Morgan fingerprint density at radius 3 is 2.29 bits per heavy atom. The van der Waals surface area contributed by atoms with E-state index in [0.717, 1.165) is 6.07 Å². The van der Waals surface area contributed by atoms with Gasteiger partial charge in [0.15, 0.2) is 11.5 Å². The number of anilines is 2. The Balaban J connectivity index is 2.12. The van der Waals surface area contributed by atoms with E-state index in [1.807, 2.05) is 6.92 Å². The molecule has 0 bridgehead atoms. The summed E-state index contributed by atoms with van der Waals surface area (Å²) in [5.74, 6) is -1.08. The summed E-state index contributed by atoms with van der Waals surface area (Å²) in [6, 6.07) is 8.21. The molecule has 0 aliphatic rings. The van der Waals surface area contributed by atoms with E-state index in [2.05, 4.69) is 10.6 Å². The summed E-state index contributed by atoms with van der Waals surface area (Å²) in [6.45, 7) is 4.47. The molecule has 2 aromatic rings. The summed E-state index contributed by atoms with van der Waals surface area (Å²) in [6.07, 6.45) is 0. The van der Waals surface area contributed by atoms with Crippen LogP contribution in [0.2, 0.25) is 5.02 Å². The van der Waals surface area contributed by atoms with E-state index in [0.29, 0.717) is 30.4 Å². The molecule has 0 aliphatic carbocycles.